The van der Waals surface area contributed by atoms with E-state index in [2.05, 4.69) is 4.57 Å². The van der Waals surface area contributed by atoms with Crippen LogP contribution in [0.15, 0.2) is 24.3 Å². The molecule has 22 heavy (non-hydrogen) atoms. The highest BCUT2D eigenvalue weighted by atomic mass is 16.5. The summed E-state index contributed by atoms with van der Waals surface area (Å²) in [5, 5.41) is 0.834. The van der Waals surface area contributed by atoms with Crippen LogP contribution in [0.3, 0.4) is 0 Å². The lowest BCUT2D eigenvalue weighted by molar-refractivity contribution is -0.145. The second-order valence-corrected chi connectivity index (χ2v) is 5.37. The van der Waals surface area contributed by atoms with E-state index in [4.69, 9.17) is 9.47 Å². The molecule has 0 radical (unpaired) electrons. The van der Waals surface area contributed by atoms with E-state index in [1.807, 2.05) is 24.3 Å². The fourth-order valence-corrected chi connectivity index (χ4v) is 3.31. The van der Waals surface area contributed by atoms with E-state index in [-0.39, 0.29) is 5.97 Å². The first-order valence-electron chi connectivity index (χ1n) is 7.55. The summed E-state index contributed by atoms with van der Waals surface area (Å²) < 4.78 is 12.2. The number of carbonyl (C=O) groups excluding carboxylic acids is 2. The number of aryl methyl sites for hydroxylation is 1. The molecule has 0 N–H and O–H groups in total. The first kappa shape index (κ1) is 14.6. The third kappa shape index (κ3) is 2.17. The Kier molecular flexibility index (Phi) is 3.88. The van der Waals surface area contributed by atoms with Crippen LogP contribution in [0.5, 0.6) is 0 Å². The molecule has 0 saturated carbocycles. The van der Waals surface area contributed by atoms with Gasteiger partial charge in [0.1, 0.15) is 0 Å². The molecule has 3 rings (SSSR count). The highest BCUT2D eigenvalue weighted by molar-refractivity contribution is 6.07. The Labute approximate surface area is 128 Å². The Morgan fingerprint density at radius 3 is 2.82 bits per heavy atom. The van der Waals surface area contributed by atoms with Crippen molar-refractivity contribution >= 4 is 22.8 Å². The predicted octanol–water partition coefficient (Wildman–Crippen LogP) is 2.87. The quantitative estimate of drug-likeness (QED) is 0.818. The number of esters is 2. The Bertz CT molecular complexity index is 732. The van der Waals surface area contributed by atoms with E-state index < -0.39 is 11.9 Å². The zero-order valence-corrected chi connectivity index (χ0v) is 12.8. The first-order chi connectivity index (χ1) is 10.7. The molecule has 2 aromatic rings. The minimum Gasteiger partial charge on any atom is -0.465 e. The normalized spacial score (nSPS) is 17.1. The van der Waals surface area contributed by atoms with Gasteiger partial charge in [-0.25, -0.2) is 4.79 Å². The van der Waals surface area contributed by atoms with Gasteiger partial charge in [-0.3, -0.25) is 4.79 Å². The lowest BCUT2D eigenvalue weighted by Gasteiger charge is -2.24. The number of rotatable bonds is 3. The highest BCUT2D eigenvalue weighted by Gasteiger charge is 2.35. The molecule has 5 heteroatoms. The summed E-state index contributed by atoms with van der Waals surface area (Å²) in [6.07, 6.45) is 1.58. The lowest BCUT2D eigenvalue weighted by atomic mass is 9.93. The van der Waals surface area contributed by atoms with Crippen molar-refractivity contribution < 1.29 is 19.1 Å². The average molecular weight is 301 g/mol. The minimum absolute atomic E-state index is 0.267. The van der Waals surface area contributed by atoms with Gasteiger partial charge in [-0.1, -0.05) is 18.2 Å². The van der Waals surface area contributed by atoms with Crippen LogP contribution in [-0.4, -0.2) is 30.2 Å². The monoisotopic (exact) mass is 301 g/mol. The summed E-state index contributed by atoms with van der Waals surface area (Å²) in [4.78, 5) is 24.6. The average Bonchev–Trinajstić information content (AvgIpc) is 2.89. The zero-order chi connectivity index (χ0) is 15.7. The second-order valence-electron chi connectivity index (χ2n) is 5.37. The maximum atomic E-state index is 12.3. The number of aromatic nitrogens is 1. The Balaban J connectivity index is 2.25. The van der Waals surface area contributed by atoms with Crippen LogP contribution in [0, 0.1) is 0 Å². The fraction of sp³-hybridized carbons (Fsp3) is 0.412. The molecule has 5 nitrogen and oxygen atoms in total. The Morgan fingerprint density at radius 2 is 2.09 bits per heavy atom. The number of nitrogens with zero attached hydrogens (tertiary/aromatic N) is 1. The van der Waals surface area contributed by atoms with E-state index >= 15 is 0 Å². The first-order valence-corrected chi connectivity index (χ1v) is 7.55. The molecule has 2 heterocycles. The van der Waals surface area contributed by atoms with Crippen molar-refractivity contribution in [2.24, 2.45) is 0 Å². The molecule has 0 fully saturated rings. The standard InChI is InChI=1S/C17H19NO4/c1-3-22-16(19)12-8-6-10-18-13-9-5-4-7-11(13)14(15(12)18)17(20)21-2/h4-5,7,9,12H,3,6,8,10H2,1-2H3. The number of carbonyl (C=O) groups is 2. The topological polar surface area (TPSA) is 57.5 Å². The maximum Gasteiger partial charge on any atom is 0.340 e. The molecule has 0 aliphatic carbocycles. The van der Waals surface area contributed by atoms with Crippen molar-refractivity contribution in [3.8, 4) is 0 Å². The van der Waals surface area contributed by atoms with E-state index in [0.717, 1.165) is 29.6 Å². The molecule has 0 bridgehead atoms. The molecule has 0 spiro atoms. The van der Waals surface area contributed by atoms with Gasteiger partial charge in [0.2, 0.25) is 0 Å². The van der Waals surface area contributed by atoms with Gasteiger partial charge in [-0.05, 0) is 25.8 Å². The molecule has 116 valence electrons. The van der Waals surface area contributed by atoms with E-state index in [1.54, 1.807) is 6.92 Å². The lowest BCUT2D eigenvalue weighted by Crippen LogP contribution is -2.25. The summed E-state index contributed by atoms with van der Waals surface area (Å²) in [7, 11) is 1.36. The van der Waals surface area contributed by atoms with Gasteiger partial charge in [0.25, 0.3) is 0 Å². The smallest absolute Gasteiger partial charge is 0.340 e. The van der Waals surface area contributed by atoms with Crippen molar-refractivity contribution in [1.82, 2.24) is 4.57 Å². The van der Waals surface area contributed by atoms with Gasteiger partial charge < -0.3 is 14.0 Å². The van der Waals surface area contributed by atoms with Crippen LogP contribution in [0.4, 0.5) is 0 Å². The van der Waals surface area contributed by atoms with Crippen molar-refractivity contribution in [3.05, 3.63) is 35.5 Å². The molecule has 1 atom stereocenters. The SMILES string of the molecule is CCOC(=O)C1CCCn2c1c(C(=O)OC)c1ccccc12. The predicted molar refractivity (Wildman–Crippen MR) is 81.9 cm³/mol. The van der Waals surface area contributed by atoms with Gasteiger partial charge >= 0.3 is 11.9 Å². The summed E-state index contributed by atoms with van der Waals surface area (Å²) in [5.74, 6) is -1.08. The molecule has 1 aliphatic rings. The number of methoxy groups -OCH3 is 1. The van der Waals surface area contributed by atoms with E-state index in [0.29, 0.717) is 18.6 Å². The van der Waals surface area contributed by atoms with Gasteiger partial charge in [0.15, 0.2) is 0 Å². The Morgan fingerprint density at radius 1 is 1.32 bits per heavy atom. The van der Waals surface area contributed by atoms with Crippen molar-refractivity contribution in [1.29, 1.82) is 0 Å². The van der Waals surface area contributed by atoms with Crippen molar-refractivity contribution in [3.63, 3.8) is 0 Å². The fourth-order valence-electron chi connectivity index (χ4n) is 3.31. The number of benzene rings is 1. The van der Waals surface area contributed by atoms with Crippen LogP contribution >= 0.6 is 0 Å². The molecular formula is C17H19NO4. The van der Waals surface area contributed by atoms with Gasteiger partial charge in [-0.2, -0.15) is 0 Å². The summed E-state index contributed by atoms with van der Waals surface area (Å²) in [6.45, 7) is 2.92. The largest absolute Gasteiger partial charge is 0.465 e. The van der Waals surface area contributed by atoms with Gasteiger partial charge in [-0.15, -0.1) is 0 Å². The summed E-state index contributed by atoms with van der Waals surface area (Å²) >= 11 is 0. The van der Waals surface area contributed by atoms with Crippen LogP contribution in [0.1, 0.15) is 41.7 Å². The van der Waals surface area contributed by atoms with E-state index in [1.165, 1.54) is 7.11 Å². The van der Waals surface area contributed by atoms with Crippen LogP contribution in [0.25, 0.3) is 10.9 Å². The van der Waals surface area contributed by atoms with Crippen LogP contribution < -0.4 is 0 Å². The summed E-state index contributed by atoms with van der Waals surface area (Å²) in [6, 6.07) is 7.69. The van der Waals surface area contributed by atoms with Crippen molar-refractivity contribution in [2.45, 2.75) is 32.2 Å². The number of hydrogen-bond donors (Lipinski definition) is 0. The van der Waals surface area contributed by atoms with Crippen LogP contribution in [-0.2, 0) is 20.8 Å². The third-order valence-electron chi connectivity index (χ3n) is 4.18. The number of hydrogen-bond acceptors (Lipinski definition) is 4. The number of fused-ring (bicyclic) bond motifs is 3. The third-order valence-corrected chi connectivity index (χ3v) is 4.18. The molecule has 1 unspecified atom stereocenters. The van der Waals surface area contributed by atoms with E-state index in [9.17, 15) is 9.59 Å². The van der Waals surface area contributed by atoms with Crippen LogP contribution in [0.2, 0.25) is 0 Å². The maximum absolute atomic E-state index is 12.3. The number of ether oxygens (including phenoxy) is 2. The Hall–Kier alpha value is -2.30. The second kappa shape index (κ2) is 5.83. The summed E-state index contributed by atoms with van der Waals surface area (Å²) in [5.41, 5.74) is 2.19. The molecule has 0 saturated heterocycles. The highest BCUT2D eigenvalue weighted by Crippen LogP contribution is 2.38. The molecule has 1 aliphatic heterocycles. The van der Waals surface area contributed by atoms with Gasteiger partial charge in [0, 0.05) is 23.1 Å². The molecular weight excluding hydrogens is 282 g/mol. The molecule has 1 aromatic heterocycles. The zero-order valence-electron chi connectivity index (χ0n) is 12.8. The molecule has 1 aromatic carbocycles. The molecule has 0 amide bonds. The number of para-hydroxylation sites is 1. The minimum atomic E-state index is -0.407. The van der Waals surface area contributed by atoms with Crippen molar-refractivity contribution in [2.75, 3.05) is 13.7 Å². The van der Waals surface area contributed by atoms with Gasteiger partial charge in [0.05, 0.1) is 25.2 Å².